The minimum atomic E-state index is -0.504. The first kappa shape index (κ1) is 19.8. The third kappa shape index (κ3) is 11.6. The molecule has 8 nitrogen and oxygen atoms in total. The first-order chi connectivity index (χ1) is 10.3. The molecule has 3 N–H and O–H groups in total. The van der Waals surface area contributed by atoms with E-state index in [4.69, 9.17) is 0 Å². The number of carbonyl (C=O) groups is 5. The highest BCUT2D eigenvalue weighted by Crippen LogP contribution is 1.98. The highest BCUT2D eigenvalue weighted by Gasteiger charge is 2.08. The van der Waals surface area contributed by atoms with Crippen molar-refractivity contribution in [2.75, 3.05) is 19.6 Å². The van der Waals surface area contributed by atoms with Crippen LogP contribution in [0.1, 0.15) is 39.5 Å². The summed E-state index contributed by atoms with van der Waals surface area (Å²) in [5.41, 5.74) is 0. The minimum Gasteiger partial charge on any atom is -0.348 e. The smallest absolute Gasteiger partial charge is 0.239 e. The lowest BCUT2D eigenvalue weighted by Gasteiger charge is -2.07. The SMILES string of the molecule is CCC(=O)CCCC(=O)NCC(=O)NCC(=O)NCC(C)=O. The van der Waals surface area contributed by atoms with Gasteiger partial charge < -0.3 is 16.0 Å². The molecule has 0 radical (unpaired) electrons. The molecule has 3 amide bonds. The van der Waals surface area contributed by atoms with Crippen LogP contribution in [0.4, 0.5) is 0 Å². The zero-order valence-corrected chi connectivity index (χ0v) is 13.0. The minimum absolute atomic E-state index is 0.0814. The topological polar surface area (TPSA) is 121 Å². The first-order valence-electron chi connectivity index (χ1n) is 7.16. The van der Waals surface area contributed by atoms with Gasteiger partial charge in [0.15, 0.2) is 0 Å². The Morgan fingerprint density at radius 3 is 1.73 bits per heavy atom. The molecule has 0 atom stereocenters. The average Bonchev–Trinajstić information content (AvgIpc) is 2.48. The fraction of sp³-hybridized carbons (Fsp3) is 0.643. The second kappa shape index (κ2) is 11.4. The predicted molar refractivity (Wildman–Crippen MR) is 78.9 cm³/mol. The molecule has 0 unspecified atom stereocenters. The molecule has 0 saturated carbocycles. The summed E-state index contributed by atoms with van der Waals surface area (Å²) in [6.07, 6.45) is 1.44. The Bertz CT molecular complexity index is 434. The molecule has 0 aromatic heterocycles. The van der Waals surface area contributed by atoms with Crippen molar-refractivity contribution >= 4 is 29.3 Å². The fourth-order valence-corrected chi connectivity index (χ4v) is 1.42. The van der Waals surface area contributed by atoms with E-state index >= 15 is 0 Å². The van der Waals surface area contributed by atoms with E-state index in [1.165, 1.54) is 6.92 Å². The van der Waals surface area contributed by atoms with Gasteiger partial charge in [-0.1, -0.05) is 6.92 Å². The zero-order valence-electron chi connectivity index (χ0n) is 13.0. The van der Waals surface area contributed by atoms with E-state index in [1.54, 1.807) is 6.92 Å². The molecule has 0 bridgehead atoms. The van der Waals surface area contributed by atoms with Gasteiger partial charge in [-0.15, -0.1) is 0 Å². The van der Waals surface area contributed by atoms with Gasteiger partial charge in [-0.2, -0.15) is 0 Å². The zero-order chi connectivity index (χ0) is 17.0. The quantitative estimate of drug-likeness (QED) is 0.455. The Hall–Kier alpha value is -2.25. The number of amides is 3. The third-order valence-electron chi connectivity index (χ3n) is 2.68. The third-order valence-corrected chi connectivity index (χ3v) is 2.68. The molecule has 0 aliphatic carbocycles. The second-order valence-corrected chi connectivity index (χ2v) is 4.78. The molecule has 0 aromatic carbocycles. The number of hydrogen-bond acceptors (Lipinski definition) is 5. The van der Waals surface area contributed by atoms with Crippen molar-refractivity contribution in [2.24, 2.45) is 0 Å². The largest absolute Gasteiger partial charge is 0.348 e. The summed E-state index contributed by atoms with van der Waals surface area (Å²) in [7, 11) is 0. The number of ketones is 2. The van der Waals surface area contributed by atoms with Gasteiger partial charge >= 0.3 is 0 Å². The van der Waals surface area contributed by atoms with Gasteiger partial charge in [0.25, 0.3) is 0 Å². The van der Waals surface area contributed by atoms with Crippen LogP contribution in [0.15, 0.2) is 0 Å². The Kier molecular flexibility index (Phi) is 10.2. The van der Waals surface area contributed by atoms with E-state index in [9.17, 15) is 24.0 Å². The van der Waals surface area contributed by atoms with Crippen LogP contribution in [0.25, 0.3) is 0 Å². The lowest BCUT2D eigenvalue weighted by molar-refractivity contribution is -0.128. The van der Waals surface area contributed by atoms with Crippen LogP contribution in [0.2, 0.25) is 0 Å². The standard InChI is InChI=1S/C14H23N3O5/c1-3-11(19)5-4-6-12(20)16-8-14(22)17-9-13(21)15-7-10(2)18/h3-9H2,1-2H3,(H,15,21)(H,16,20)(H,17,22). The van der Waals surface area contributed by atoms with Crippen LogP contribution < -0.4 is 16.0 Å². The van der Waals surface area contributed by atoms with Crippen molar-refractivity contribution in [1.82, 2.24) is 16.0 Å². The molecular weight excluding hydrogens is 290 g/mol. The van der Waals surface area contributed by atoms with E-state index in [2.05, 4.69) is 16.0 Å². The van der Waals surface area contributed by atoms with Crippen molar-refractivity contribution in [3.63, 3.8) is 0 Å². The van der Waals surface area contributed by atoms with Crippen LogP contribution in [0, 0.1) is 0 Å². The summed E-state index contributed by atoms with van der Waals surface area (Å²) in [5, 5.41) is 7.04. The van der Waals surface area contributed by atoms with Gasteiger partial charge in [0, 0.05) is 19.3 Å². The number of nitrogens with one attached hydrogen (secondary N) is 3. The van der Waals surface area contributed by atoms with Crippen LogP contribution in [0.5, 0.6) is 0 Å². The lowest BCUT2D eigenvalue weighted by atomic mass is 10.1. The van der Waals surface area contributed by atoms with E-state index < -0.39 is 11.8 Å². The summed E-state index contributed by atoms with van der Waals surface area (Å²) in [5.74, 6) is -1.39. The molecule has 0 aromatic rings. The maximum Gasteiger partial charge on any atom is 0.239 e. The molecular formula is C14H23N3O5. The first-order valence-corrected chi connectivity index (χ1v) is 7.16. The number of rotatable bonds is 11. The molecule has 0 saturated heterocycles. The van der Waals surface area contributed by atoms with Gasteiger partial charge in [-0.3, -0.25) is 24.0 Å². The number of hydrogen-bond donors (Lipinski definition) is 3. The van der Waals surface area contributed by atoms with E-state index in [1.807, 2.05) is 0 Å². The highest BCUT2D eigenvalue weighted by atomic mass is 16.2. The van der Waals surface area contributed by atoms with Crippen molar-refractivity contribution in [3.05, 3.63) is 0 Å². The van der Waals surface area contributed by atoms with Crippen molar-refractivity contribution in [1.29, 1.82) is 0 Å². The Morgan fingerprint density at radius 2 is 1.23 bits per heavy atom. The molecule has 0 heterocycles. The number of carbonyl (C=O) groups excluding carboxylic acids is 5. The van der Waals surface area contributed by atoms with Gasteiger partial charge in [0.05, 0.1) is 19.6 Å². The Balaban J connectivity index is 3.71. The average molecular weight is 313 g/mol. The molecule has 124 valence electrons. The fourth-order valence-electron chi connectivity index (χ4n) is 1.42. The van der Waals surface area contributed by atoms with Crippen molar-refractivity contribution in [2.45, 2.75) is 39.5 Å². The van der Waals surface area contributed by atoms with Gasteiger partial charge in [0.1, 0.15) is 11.6 Å². The molecule has 0 aliphatic rings. The Morgan fingerprint density at radius 1 is 0.727 bits per heavy atom. The highest BCUT2D eigenvalue weighted by molar-refractivity contribution is 5.90. The summed E-state index contributed by atoms with van der Waals surface area (Å²) in [6.45, 7) is 2.53. The van der Waals surface area contributed by atoms with Crippen LogP contribution in [-0.4, -0.2) is 48.9 Å². The van der Waals surface area contributed by atoms with E-state index in [0.29, 0.717) is 19.3 Å². The maximum atomic E-state index is 11.4. The van der Waals surface area contributed by atoms with Crippen LogP contribution in [0.3, 0.4) is 0 Å². The van der Waals surface area contributed by atoms with Gasteiger partial charge in [0.2, 0.25) is 17.7 Å². The molecule has 0 rings (SSSR count). The van der Waals surface area contributed by atoms with E-state index in [0.717, 1.165) is 0 Å². The molecule has 8 heteroatoms. The molecule has 0 spiro atoms. The van der Waals surface area contributed by atoms with Crippen LogP contribution in [-0.2, 0) is 24.0 Å². The summed E-state index contributed by atoms with van der Waals surface area (Å²) in [6, 6.07) is 0. The van der Waals surface area contributed by atoms with E-state index in [-0.39, 0.29) is 43.5 Å². The van der Waals surface area contributed by atoms with Gasteiger partial charge in [-0.25, -0.2) is 0 Å². The monoisotopic (exact) mass is 313 g/mol. The lowest BCUT2D eigenvalue weighted by Crippen LogP contribution is -2.42. The predicted octanol–water partition coefficient (Wildman–Crippen LogP) is -0.927. The normalized spacial score (nSPS) is 9.73. The summed E-state index contributed by atoms with van der Waals surface area (Å²) in [4.78, 5) is 55.7. The summed E-state index contributed by atoms with van der Waals surface area (Å²) >= 11 is 0. The maximum absolute atomic E-state index is 11.4. The van der Waals surface area contributed by atoms with Crippen molar-refractivity contribution < 1.29 is 24.0 Å². The second-order valence-electron chi connectivity index (χ2n) is 4.78. The van der Waals surface area contributed by atoms with Crippen LogP contribution >= 0.6 is 0 Å². The summed E-state index contributed by atoms with van der Waals surface area (Å²) < 4.78 is 0. The van der Waals surface area contributed by atoms with Crippen molar-refractivity contribution in [3.8, 4) is 0 Å². The molecule has 0 aliphatic heterocycles. The Labute approximate surface area is 129 Å². The molecule has 0 fully saturated rings. The number of Topliss-reactive ketones (excluding diaryl/α,β-unsaturated/α-hetero) is 2. The van der Waals surface area contributed by atoms with Gasteiger partial charge in [-0.05, 0) is 13.3 Å². The molecule has 22 heavy (non-hydrogen) atoms.